The van der Waals surface area contributed by atoms with Crippen molar-refractivity contribution >= 4 is 6.03 Å². The summed E-state index contributed by atoms with van der Waals surface area (Å²) in [7, 11) is 0. The molecule has 17 heavy (non-hydrogen) atoms. The molecule has 0 bridgehead atoms. The number of carbonyl (C=O) groups excluding carboxylic acids is 1. The van der Waals surface area contributed by atoms with E-state index in [9.17, 15) is 4.79 Å². The molecular formula is C13H20N2O2. The van der Waals surface area contributed by atoms with Crippen LogP contribution in [-0.2, 0) is 0 Å². The number of amides is 2. The summed E-state index contributed by atoms with van der Waals surface area (Å²) in [5, 5.41) is 14.9. The molecule has 2 aliphatic rings. The fourth-order valence-electron chi connectivity index (χ4n) is 2.34. The zero-order valence-corrected chi connectivity index (χ0v) is 9.93. The van der Waals surface area contributed by atoms with Crippen LogP contribution in [0.15, 0.2) is 24.3 Å². The van der Waals surface area contributed by atoms with Crippen LogP contribution in [-0.4, -0.2) is 29.8 Å². The molecule has 3 N–H and O–H groups in total. The molecule has 3 atom stereocenters. The van der Waals surface area contributed by atoms with E-state index < -0.39 is 0 Å². The van der Waals surface area contributed by atoms with Crippen molar-refractivity contribution in [3.8, 4) is 0 Å². The Bertz CT molecular complexity index is 325. The van der Waals surface area contributed by atoms with E-state index in [0.717, 1.165) is 25.7 Å². The van der Waals surface area contributed by atoms with Gasteiger partial charge in [0.05, 0.1) is 0 Å². The van der Waals surface area contributed by atoms with Gasteiger partial charge in [-0.1, -0.05) is 24.3 Å². The summed E-state index contributed by atoms with van der Waals surface area (Å²) in [5.41, 5.74) is 0. The second kappa shape index (κ2) is 5.87. The average Bonchev–Trinajstić information content (AvgIpc) is 2.78. The van der Waals surface area contributed by atoms with Crippen LogP contribution in [0, 0.1) is 5.92 Å². The molecule has 1 unspecified atom stereocenters. The standard InChI is InChI=1S/C13H20N2O2/c16-9-10-6-7-12(8-10)15-13(17)14-11-4-2-1-3-5-11/h1-2,6-7,10-12,16H,3-5,8-9H2,(H2,14,15,17)/t10-,11?,12+/m0/s1. The van der Waals surface area contributed by atoms with Gasteiger partial charge in [-0.05, 0) is 25.7 Å². The van der Waals surface area contributed by atoms with E-state index in [-0.39, 0.29) is 30.6 Å². The van der Waals surface area contributed by atoms with Crippen molar-refractivity contribution in [3.63, 3.8) is 0 Å². The maximum atomic E-state index is 11.7. The van der Waals surface area contributed by atoms with Crippen LogP contribution in [0.4, 0.5) is 4.79 Å². The molecule has 0 radical (unpaired) electrons. The Labute approximate surface area is 102 Å². The topological polar surface area (TPSA) is 61.4 Å². The van der Waals surface area contributed by atoms with Crippen LogP contribution < -0.4 is 10.6 Å². The Balaban J connectivity index is 1.71. The quantitative estimate of drug-likeness (QED) is 0.647. The second-order valence-corrected chi connectivity index (χ2v) is 4.77. The first-order chi connectivity index (χ1) is 8.28. The van der Waals surface area contributed by atoms with Crippen LogP contribution in [0.3, 0.4) is 0 Å². The van der Waals surface area contributed by atoms with Gasteiger partial charge in [-0.2, -0.15) is 0 Å². The molecule has 0 saturated heterocycles. The van der Waals surface area contributed by atoms with Crippen LogP contribution in [0.1, 0.15) is 25.7 Å². The summed E-state index contributed by atoms with van der Waals surface area (Å²) in [4.78, 5) is 11.7. The van der Waals surface area contributed by atoms with E-state index in [1.807, 2.05) is 12.2 Å². The van der Waals surface area contributed by atoms with Gasteiger partial charge in [-0.15, -0.1) is 0 Å². The van der Waals surface area contributed by atoms with Gasteiger partial charge in [-0.3, -0.25) is 0 Å². The lowest BCUT2D eigenvalue weighted by Gasteiger charge is -2.21. The van der Waals surface area contributed by atoms with E-state index in [4.69, 9.17) is 5.11 Å². The molecule has 2 aliphatic carbocycles. The highest BCUT2D eigenvalue weighted by molar-refractivity contribution is 5.75. The Morgan fingerprint density at radius 1 is 1.29 bits per heavy atom. The first-order valence-corrected chi connectivity index (χ1v) is 6.29. The molecule has 2 amide bonds. The monoisotopic (exact) mass is 236 g/mol. The van der Waals surface area contributed by atoms with Gasteiger partial charge in [0.25, 0.3) is 0 Å². The molecule has 0 aromatic carbocycles. The summed E-state index contributed by atoms with van der Waals surface area (Å²) >= 11 is 0. The lowest BCUT2D eigenvalue weighted by Crippen LogP contribution is -2.45. The summed E-state index contributed by atoms with van der Waals surface area (Å²) in [5.74, 6) is 0.193. The van der Waals surface area contributed by atoms with E-state index in [2.05, 4.69) is 22.8 Å². The van der Waals surface area contributed by atoms with Gasteiger partial charge in [0.15, 0.2) is 0 Å². The highest BCUT2D eigenvalue weighted by Gasteiger charge is 2.20. The number of aliphatic hydroxyl groups is 1. The third kappa shape index (κ3) is 3.60. The molecule has 0 saturated carbocycles. The SMILES string of the molecule is O=C(NC1CC=CCC1)N[C@@H]1C=C[C@H](CO)C1. The van der Waals surface area contributed by atoms with Crippen molar-refractivity contribution < 1.29 is 9.90 Å². The van der Waals surface area contributed by atoms with Crippen molar-refractivity contribution in [3.05, 3.63) is 24.3 Å². The van der Waals surface area contributed by atoms with Crippen molar-refractivity contribution in [2.75, 3.05) is 6.61 Å². The third-order valence-corrected chi connectivity index (χ3v) is 3.33. The zero-order chi connectivity index (χ0) is 12.1. The van der Waals surface area contributed by atoms with Gasteiger partial charge < -0.3 is 15.7 Å². The fraction of sp³-hybridized carbons (Fsp3) is 0.615. The number of rotatable bonds is 3. The molecule has 0 aromatic heterocycles. The minimum absolute atomic E-state index is 0.0614. The number of carbonyl (C=O) groups is 1. The van der Waals surface area contributed by atoms with Gasteiger partial charge in [0.2, 0.25) is 0 Å². The van der Waals surface area contributed by atoms with Crippen LogP contribution >= 0.6 is 0 Å². The number of aliphatic hydroxyl groups excluding tert-OH is 1. The summed E-state index contributed by atoms with van der Waals surface area (Å²) in [6.45, 7) is 0.156. The number of hydrogen-bond acceptors (Lipinski definition) is 2. The molecule has 0 fully saturated rings. The molecule has 2 rings (SSSR count). The van der Waals surface area contributed by atoms with Crippen LogP contribution in [0.5, 0.6) is 0 Å². The van der Waals surface area contributed by atoms with Crippen LogP contribution in [0.25, 0.3) is 0 Å². The van der Waals surface area contributed by atoms with E-state index >= 15 is 0 Å². The summed E-state index contributed by atoms with van der Waals surface area (Å²) < 4.78 is 0. The number of nitrogens with one attached hydrogen (secondary N) is 2. The number of hydrogen-bond donors (Lipinski definition) is 3. The molecular weight excluding hydrogens is 216 g/mol. The smallest absolute Gasteiger partial charge is 0.315 e. The van der Waals surface area contributed by atoms with Gasteiger partial charge in [0, 0.05) is 24.6 Å². The lowest BCUT2D eigenvalue weighted by atomic mass is 10.0. The fourth-order valence-corrected chi connectivity index (χ4v) is 2.34. The molecule has 4 nitrogen and oxygen atoms in total. The Hall–Kier alpha value is -1.29. The highest BCUT2D eigenvalue weighted by atomic mass is 16.3. The minimum atomic E-state index is -0.0986. The van der Waals surface area contributed by atoms with Gasteiger partial charge in [-0.25, -0.2) is 4.79 Å². The number of allylic oxidation sites excluding steroid dienone is 1. The molecule has 0 aromatic rings. The predicted molar refractivity (Wildman–Crippen MR) is 66.6 cm³/mol. The maximum Gasteiger partial charge on any atom is 0.315 e. The summed E-state index contributed by atoms with van der Waals surface area (Å²) in [6, 6.07) is 0.226. The number of urea groups is 1. The Kier molecular flexibility index (Phi) is 4.20. The first-order valence-electron chi connectivity index (χ1n) is 6.29. The Morgan fingerprint density at radius 2 is 2.18 bits per heavy atom. The first kappa shape index (κ1) is 12.2. The molecule has 4 heteroatoms. The second-order valence-electron chi connectivity index (χ2n) is 4.77. The maximum absolute atomic E-state index is 11.7. The Morgan fingerprint density at radius 3 is 2.82 bits per heavy atom. The minimum Gasteiger partial charge on any atom is -0.396 e. The van der Waals surface area contributed by atoms with Crippen molar-refractivity contribution in [1.82, 2.24) is 10.6 Å². The highest BCUT2D eigenvalue weighted by Crippen LogP contribution is 2.17. The molecule has 0 spiro atoms. The van der Waals surface area contributed by atoms with Gasteiger partial charge >= 0.3 is 6.03 Å². The van der Waals surface area contributed by atoms with Crippen molar-refractivity contribution in [2.45, 2.75) is 37.8 Å². The van der Waals surface area contributed by atoms with E-state index in [0.29, 0.717) is 0 Å². The predicted octanol–water partition coefficient (Wildman–Crippen LogP) is 1.33. The molecule has 0 aliphatic heterocycles. The van der Waals surface area contributed by atoms with Crippen LogP contribution in [0.2, 0.25) is 0 Å². The normalized spacial score (nSPS) is 31.5. The molecule has 0 heterocycles. The van der Waals surface area contributed by atoms with E-state index in [1.54, 1.807) is 0 Å². The van der Waals surface area contributed by atoms with Crippen molar-refractivity contribution in [1.29, 1.82) is 0 Å². The largest absolute Gasteiger partial charge is 0.396 e. The van der Waals surface area contributed by atoms with E-state index in [1.165, 1.54) is 0 Å². The zero-order valence-electron chi connectivity index (χ0n) is 9.93. The average molecular weight is 236 g/mol. The lowest BCUT2D eigenvalue weighted by molar-refractivity contribution is 0.227. The van der Waals surface area contributed by atoms with Crippen molar-refractivity contribution in [2.24, 2.45) is 5.92 Å². The third-order valence-electron chi connectivity index (χ3n) is 3.33. The van der Waals surface area contributed by atoms with Gasteiger partial charge in [0.1, 0.15) is 0 Å². The summed E-state index contributed by atoms with van der Waals surface area (Å²) in [6.07, 6.45) is 12.0. The molecule has 94 valence electrons.